The molecule has 2 aromatic carbocycles. The van der Waals surface area contributed by atoms with Gasteiger partial charge in [-0.25, -0.2) is 4.79 Å². The number of amides is 1. The summed E-state index contributed by atoms with van der Waals surface area (Å²) in [7, 11) is 1.47. The van der Waals surface area contributed by atoms with Crippen LogP contribution in [0.4, 0.5) is 10.5 Å². The number of benzene rings is 2. The second-order valence-corrected chi connectivity index (χ2v) is 6.49. The molecule has 1 amide bonds. The molecule has 5 nitrogen and oxygen atoms in total. The zero-order chi connectivity index (χ0) is 17.9. The van der Waals surface area contributed by atoms with Crippen molar-refractivity contribution in [1.29, 1.82) is 0 Å². The monoisotopic (exact) mass is 329 g/mol. The molecule has 0 saturated heterocycles. The SMILES string of the molecule is COc1cc(C)c(-c2ccccc2)c(NC(=O)OC(C)(C)C)c1O. The van der Waals surface area contributed by atoms with Crippen LogP contribution in [0.1, 0.15) is 26.3 Å². The van der Waals surface area contributed by atoms with Gasteiger partial charge >= 0.3 is 6.09 Å². The number of phenolic OH excluding ortho intramolecular Hbond substituents is 1. The molecule has 2 rings (SSSR count). The van der Waals surface area contributed by atoms with Gasteiger partial charge in [0.2, 0.25) is 0 Å². The standard InChI is InChI=1S/C19H23NO4/c1-12-11-14(23-5)17(21)16(20-18(22)24-19(2,3)4)15(12)13-9-7-6-8-10-13/h6-11,21H,1-5H3,(H,20,22). The number of hydrogen-bond donors (Lipinski definition) is 2. The molecule has 0 heterocycles. The van der Waals surface area contributed by atoms with E-state index in [-0.39, 0.29) is 11.4 Å². The van der Waals surface area contributed by atoms with Gasteiger partial charge in [0.25, 0.3) is 0 Å². The molecule has 2 aromatic rings. The lowest BCUT2D eigenvalue weighted by Crippen LogP contribution is -2.27. The van der Waals surface area contributed by atoms with Crippen LogP contribution in [-0.2, 0) is 4.74 Å². The number of rotatable bonds is 3. The fraction of sp³-hybridized carbons (Fsp3) is 0.316. The zero-order valence-electron chi connectivity index (χ0n) is 14.6. The number of carbonyl (C=O) groups is 1. The summed E-state index contributed by atoms with van der Waals surface area (Å²) in [5.74, 6) is 0.158. The molecule has 0 saturated carbocycles. The molecule has 0 aliphatic rings. The highest BCUT2D eigenvalue weighted by Crippen LogP contribution is 2.44. The molecular weight excluding hydrogens is 306 g/mol. The molecule has 128 valence electrons. The Morgan fingerprint density at radius 2 is 1.79 bits per heavy atom. The average molecular weight is 329 g/mol. The highest BCUT2D eigenvalue weighted by Gasteiger charge is 2.22. The minimum Gasteiger partial charge on any atom is -0.503 e. The number of hydrogen-bond acceptors (Lipinski definition) is 4. The van der Waals surface area contributed by atoms with E-state index in [0.717, 1.165) is 16.7 Å². The van der Waals surface area contributed by atoms with Crippen LogP contribution in [0.3, 0.4) is 0 Å². The predicted octanol–water partition coefficient (Wildman–Crippen LogP) is 4.72. The largest absolute Gasteiger partial charge is 0.503 e. The molecule has 0 fully saturated rings. The van der Waals surface area contributed by atoms with Crippen molar-refractivity contribution in [2.75, 3.05) is 12.4 Å². The van der Waals surface area contributed by atoms with E-state index in [1.807, 2.05) is 37.3 Å². The van der Waals surface area contributed by atoms with E-state index >= 15 is 0 Å². The number of carbonyl (C=O) groups excluding carboxylic acids is 1. The van der Waals surface area contributed by atoms with Gasteiger partial charge in [0.1, 0.15) is 5.60 Å². The van der Waals surface area contributed by atoms with Gasteiger partial charge < -0.3 is 14.6 Å². The molecule has 0 spiro atoms. The van der Waals surface area contributed by atoms with E-state index in [1.165, 1.54) is 7.11 Å². The zero-order valence-corrected chi connectivity index (χ0v) is 14.6. The average Bonchev–Trinajstić information content (AvgIpc) is 2.49. The van der Waals surface area contributed by atoms with E-state index in [0.29, 0.717) is 5.75 Å². The van der Waals surface area contributed by atoms with Crippen molar-refractivity contribution in [3.05, 3.63) is 42.0 Å². The molecule has 0 unspecified atom stereocenters. The van der Waals surface area contributed by atoms with Crippen molar-refractivity contribution < 1.29 is 19.4 Å². The first kappa shape index (κ1) is 17.7. The molecule has 0 bridgehead atoms. The molecule has 5 heteroatoms. The molecule has 0 radical (unpaired) electrons. The number of phenols is 1. The molecule has 24 heavy (non-hydrogen) atoms. The van der Waals surface area contributed by atoms with Gasteiger partial charge in [-0.1, -0.05) is 30.3 Å². The topological polar surface area (TPSA) is 67.8 Å². The molecular formula is C19H23NO4. The molecule has 0 aromatic heterocycles. The van der Waals surface area contributed by atoms with Crippen molar-refractivity contribution >= 4 is 11.8 Å². The number of aromatic hydroxyl groups is 1. The fourth-order valence-corrected chi connectivity index (χ4v) is 2.44. The summed E-state index contributed by atoms with van der Waals surface area (Å²) in [6.07, 6.45) is -0.636. The van der Waals surface area contributed by atoms with Crippen LogP contribution in [0.2, 0.25) is 0 Å². The van der Waals surface area contributed by atoms with Gasteiger partial charge in [0, 0.05) is 5.56 Å². The van der Waals surface area contributed by atoms with Gasteiger partial charge in [-0.15, -0.1) is 0 Å². The van der Waals surface area contributed by atoms with Crippen LogP contribution >= 0.6 is 0 Å². The van der Waals surface area contributed by atoms with E-state index in [2.05, 4.69) is 5.32 Å². The summed E-state index contributed by atoms with van der Waals surface area (Å²) in [6.45, 7) is 7.23. The number of aryl methyl sites for hydroxylation is 1. The lowest BCUT2D eigenvalue weighted by atomic mass is 9.97. The summed E-state index contributed by atoms with van der Waals surface area (Å²) in [6, 6.07) is 11.3. The Morgan fingerprint density at radius 3 is 2.33 bits per heavy atom. The molecule has 0 atom stereocenters. The smallest absolute Gasteiger partial charge is 0.412 e. The van der Waals surface area contributed by atoms with Crippen LogP contribution < -0.4 is 10.1 Å². The van der Waals surface area contributed by atoms with Gasteiger partial charge in [-0.2, -0.15) is 0 Å². The Balaban J connectivity index is 2.55. The summed E-state index contributed by atoms with van der Waals surface area (Å²) in [5.41, 5.74) is 2.09. The summed E-state index contributed by atoms with van der Waals surface area (Å²) in [4.78, 5) is 12.2. The normalized spacial score (nSPS) is 11.0. The van der Waals surface area contributed by atoms with Crippen LogP contribution in [-0.4, -0.2) is 23.9 Å². The third-order valence-electron chi connectivity index (χ3n) is 3.37. The maximum Gasteiger partial charge on any atom is 0.412 e. The van der Waals surface area contributed by atoms with Gasteiger partial charge in [0.05, 0.1) is 12.8 Å². The van der Waals surface area contributed by atoms with Crippen LogP contribution in [0.5, 0.6) is 11.5 Å². The second kappa shape index (κ2) is 6.83. The number of ether oxygens (including phenoxy) is 2. The Morgan fingerprint density at radius 1 is 1.17 bits per heavy atom. The van der Waals surface area contributed by atoms with Gasteiger partial charge in [0.15, 0.2) is 11.5 Å². The van der Waals surface area contributed by atoms with Gasteiger partial charge in [-0.05, 0) is 44.9 Å². The maximum absolute atomic E-state index is 12.2. The summed E-state index contributed by atoms with van der Waals surface area (Å²) in [5, 5.41) is 13.2. The van der Waals surface area contributed by atoms with Crippen molar-refractivity contribution in [1.82, 2.24) is 0 Å². The first-order valence-corrected chi connectivity index (χ1v) is 7.69. The minimum atomic E-state index is -0.638. The van der Waals surface area contributed by atoms with E-state index in [1.54, 1.807) is 26.8 Å². The van der Waals surface area contributed by atoms with Gasteiger partial charge in [-0.3, -0.25) is 5.32 Å². The fourth-order valence-electron chi connectivity index (χ4n) is 2.44. The van der Waals surface area contributed by atoms with Crippen molar-refractivity contribution in [3.63, 3.8) is 0 Å². The Labute approximate surface area is 142 Å². The lowest BCUT2D eigenvalue weighted by molar-refractivity contribution is 0.0635. The number of nitrogens with one attached hydrogen (secondary N) is 1. The minimum absolute atomic E-state index is 0.132. The predicted molar refractivity (Wildman–Crippen MR) is 94.7 cm³/mol. The highest BCUT2D eigenvalue weighted by molar-refractivity contribution is 5.96. The maximum atomic E-state index is 12.2. The first-order chi connectivity index (χ1) is 11.2. The number of anilines is 1. The Kier molecular flexibility index (Phi) is 5.02. The molecule has 2 N–H and O–H groups in total. The van der Waals surface area contributed by atoms with E-state index in [9.17, 15) is 9.90 Å². The van der Waals surface area contributed by atoms with Crippen LogP contribution in [0, 0.1) is 6.92 Å². The highest BCUT2D eigenvalue weighted by atomic mass is 16.6. The Hall–Kier alpha value is -2.69. The van der Waals surface area contributed by atoms with E-state index in [4.69, 9.17) is 9.47 Å². The first-order valence-electron chi connectivity index (χ1n) is 7.69. The lowest BCUT2D eigenvalue weighted by Gasteiger charge is -2.22. The Bertz CT molecular complexity index is 733. The van der Waals surface area contributed by atoms with Crippen LogP contribution in [0.25, 0.3) is 11.1 Å². The second-order valence-electron chi connectivity index (χ2n) is 6.49. The third kappa shape index (κ3) is 3.98. The van der Waals surface area contributed by atoms with Crippen molar-refractivity contribution in [2.24, 2.45) is 0 Å². The molecule has 0 aliphatic carbocycles. The quantitative estimate of drug-likeness (QED) is 0.799. The van der Waals surface area contributed by atoms with Crippen molar-refractivity contribution in [3.8, 4) is 22.6 Å². The third-order valence-corrected chi connectivity index (χ3v) is 3.37. The van der Waals surface area contributed by atoms with Crippen LogP contribution in [0.15, 0.2) is 36.4 Å². The summed E-state index contributed by atoms with van der Waals surface area (Å²) >= 11 is 0. The summed E-state index contributed by atoms with van der Waals surface area (Å²) < 4.78 is 10.5. The molecule has 0 aliphatic heterocycles. The van der Waals surface area contributed by atoms with Crippen molar-refractivity contribution in [2.45, 2.75) is 33.3 Å². The van der Waals surface area contributed by atoms with E-state index < -0.39 is 11.7 Å². The number of methoxy groups -OCH3 is 1.